The van der Waals surface area contributed by atoms with Gasteiger partial charge in [-0.05, 0) is 12.2 Å². The minimum atomic E-state index is -1.99. The van der Waals surface area contributed by atoms with Crippen LogP contribution in [0.2, 0.25) is 0 Å². The number of aliphatic carboxylic acids is 2. The molecule has 60 valence electrons. The van der Waals surface area contributed by atoms with Gasteiger partial charge in [-0.1, -0.05) is 6.08 Å². The van der Waals surface area contributed by atoms with Gasteiger partial charge in [0.1, 0.15) is 11.8 Å². The molecule has 5 heteroatoms. The van der Waals surface area contributed by atoms with E-state index in [0.717, 1.165) is 0 Å². The summed E-state index contributed by atoms with van der Waals surface area (Å²) in [4.78, 5) is 19.3. The first-order chi connectivity index (χ1) is 5.04. The first kappa shape index (κ1) is 9.35. The van der Waals surface area contributed by atoms with Crippen molar-refractivity contribution < 1.29 is 24.2 Å². The maximum atomic E-state index is 11.9. The molecule has 0 saturated carbocycles. The summed E-state index contributed by atoms with van der Waals surface area (Å²) >= 11 is 0. The van der Waals surface area contributed by atoms with Crippen LogP contribution in [0.15, 0.2) is 24.1 Å². The van der Waals surface area contributed by atoms with Gasteiger partial charge in [-0.3, -0.25) is 0 Å². The zero-order valence-electron chi connectivity index (χ0n) is 5.24. The van der Waals surface area contributed by atoms with Crippen LogP contribution in [0.5, 0.6) is 0 Å². The van der Waals surface area contributed by atoms with E-state index < -0.39 is 17.8 Å². The molecule has 0 radical (unpaired) electrons. The van der Waals surface area contributed by atoms with E-state index >= 15 is 0 Å². The van der Waals surface area contributed by atoms with Crippen LogP contribution < -0.4 is 10.2 Å². The monoisotopic (exact) mass is 158 g/mol. The summed E-state index contributed by atoms with van der Waals surface area (Å²) in [6, 6.07) is 0. The van der Waals surface area contributed by atoms with Gasteiger partial charge >= 0.3 is 0 Å². The van der Waals surface area contributed by atoms with Crippen LogP contribution in [-0.4, -0.2) is 11.9 Å². The molecule has 0 aromatic rings. The predicted molar refractivity (Wildman–Crippen MR) is 28.3 cm³/mol. The first-order valence-electron chi connectivity index (χ1n) is 2.50. The number of rotatable bonds is 3. The Morgan fingerprint density at radius 2 is 1.82 bits per heavy atom. The molecule has 0 atom stereocenters. The van der Waals surface area contributed by atoms with E-state index in [4.69, 9.17) is 0 Å². The summed E-state index contributed by atoms with van der Waals surface area (Å²) in [5.74, 6) is -5.07. The maximum absolute atomic E-state index is 11.9. The number of allylic oxidation sites excluding steroid dienone is 2. The lowest BCUT2D eigenvalue weighted by Crippen LogP contribution is -2.22. The second-order valence-corrected chi connectivity index (χ2v) is 1.48. The summed E-state index contributed by atoms with van der Waals surface area (Å²) in [6.45, 7) is 0. The molecule has 0 aliphatic heterocycles. The normalized spacial score (nSPS) is 11.9. The van der Waals surface area contributed by atoms with Crippen LogP contribution in [0.3, 0.4) is 0 Å². The van der Waals surface area contributed by atoms with Crippen molar-refractivity contribution in [1.29, 1.82) is 0 Å². The SMILES string of the molecule is O=C([O-])/C=C\C=C(\F)C(=O)[O-]. The highest BCUT2D eigenvalue weighted by atomic mass is 19.1. The molecule has 0 aliphatic carbocycles. The molecule has 0 unspecified atom stereocenters. The fourth-order valence-corrected chi connectivity index (χ4v) is 0.279. The number of carbonyl (C=O) groups is 2. The van der Waals surface area contributed by atoms with Gasteiger partial charge in [0, 0.05) is 0 Å². The first-order valence-corrected chi connectivity index (χ1v) is 2.50. The maximum Gasteiger partial charge on any atom is 0.145 e. The Morgan fingerprint density at radius 1 is 1.27 bits per heavy atom. The van der Waals surface area contributed by atoms with Gasteiger partial charge in [-0.15, -0.1) is 0 Å². The van der Waals surface area contributed by atoms with Crippen molar-refractivity contribution in [3.05, 3.63) is 24.1 Å². The van der Waals surface area contributed by atoms with E-state index in [1.54, 1.807) is 0 Å². The summed E-state index contributed by atoms with van der Waals surface area (Å²) in [5.41, 5.74) is 0. The van der Waals surface area contributed by atoms with Crippen LogP contribution in [0, 0.1) is 0 Å². The molecular formula is C6H3FO4-2. The summed E-state index contributed by atoms with van der Waals surface area (Å²) in [7, 11) is 0. The second kappa shape index (κ2) is 4.21. The number of hydrogen-bond acceptors (Lipinski definition) is 4. The Labute approximate surface area is 61.3 Å². The molecule has 0 aromatic carbocycles. The molecule has 0 rings (SSSR count). The average Bonchev–Trinajstić information content (AvgIpc) is 1.86. The third-order valence-electron chi connectivity index (χ3n) is 0.670. The van der Waals surface area contributed by atoms with Crippen molar-refractivity contribution in [3.63, 3.8) is 0 Å². The van der Waals surface area contributed by atoms with Crippen molar-refractivity contribution in [2.24, 2.45) is 0 Å². The Bertz CT molecular complexity index is 229. The van der Waals surface area contributed by atoms with Crippen molar-refractivity contribution in [2.45, 2.75) is 0 Å². The molecular weight excluding hydrogens is 155 g/mol. The van der Waals surface area contributed by atoms with Crippen LogP contribution in [0.4, 0.5) is 4.39 Å². The summed E-state index contributed by atoms with van der Waals surface area (Å²) in [6.07, 6.45) is 1.63. The Kier molecular flexibility index (Phi) is 3.58. The number of hydrogen-bond donors (Lipinski definition) is 0. The molecule has 0 saturated heterocycles. The Hall–Kier alpha value is -1.65. The van der Waals surface area contributed by atoms with Crippen LogP contribution in [-0.2, 0) is 9.59 Å². The van der Waals surface area contributed by atoms with E-state index in [9.17, 15) is 24.2 Å². The van der Waals surface area contributed by atoms with E-state index in [1.165, 1.54) is 0 Å². The second-order valence-electron chi connectivity index (χ2n) is 1.48. The molecule has 0 amide bonds. The zero-order chi connectivity index (χ0) is 8.85. The summed E-state index contributed by atoms with van der Waals surface area (Å²) in [5, 5.41) is 19.3. The van der Waals surface area contributed by atoms with Gasteiger partial charge in [0.05, 0.1) is 5.97 Å². The number of carboxylic acid groups (broad SMARTS) is 2. The fourth-order valence-electron chi connectivity index (χ4n) is 0.279. The van der Waals surface area contributed by atoms with Crippen LogP contribution >= 0.6 is 0 Å². The molecule has 0 spiro atoms. The molecule has 0 aromatic heterocycles. The highest BCUT2D eigenvalue weighted by Crippen LogP contribution is 1.92. The van der Waals surface area contributed by atoms with Gasteiger partial charge in [0.15, 0.2) is 0 Å². The standard InChI is InChI=1S/C6H5FO4/c7-4(6(10)11)2-1-3-5(8)9/h1-3H,(H,8,9)(H,10,11)/p-2/b3-1-,4-2+. The van der Waals surface area contributed by atoms with Crippen molar-refractivity contribution in [2.75, 3.05) is 0 Å². The van der Waals surface area contributed by atoms with Crippen molar-refractivity contribution >= 4 is 11.9 Å². The minimum Gasteiger partial charge on any atom is -0.545 e. The topological polar surface area (TPSA) is 80.3 Å². The zero-order valence-corrected chi connectivity index (χ0v) is 5.24. The quantitative estimate of drug-likeness (QED) is 0.348. The van der Waals surface area contributed by atoms with Gasteiger partial charge in [-0.25, -0.2) is 4.39 Å². The third kappa shape index (κ3) is 4.83. The largest absolute Gasteiger partial charge is 0.545 e. The van der Waals surface area contributed by atoms with Crippen molar-refractivity contribution in [3.8, 4) is 0 Å². The number of carboxylic acids is 2. The highest BCUT2D eigenvalue weighted by Gasteiger charge is 1.89. The van der Waals surface area contributed by atoms with E-state index in [0.29, 0.717) is 18.2 Å². The number of halogens is 1. The lowest BCUT2D eigenvalue weighted by molar-refractivity contribution is -0.301. The smallest absolute Gasteiger partial charge is 0.145 e. The Balaban J connectivity index is 4.13. The highest BCUT2D eigenvalue weighted by molar-refractivity contribution is 5.83. The summed E-state index contributed by atoms with van der Waals surface area (Å²) < 4.78 is 11.9. The van der Waals surface area contributed by atoms with Crippen LogP contribution in [0.25, 0.3) is 0 Å². The third-order valence-corrected chi connectivity index (χ3v) is 0.670. The van der Waals surface area contributed by atoms with Gasteiger partial charge in [-0.2, -0.15) is 0 Å². The molecule has 0 fully saturated rings. The fraction of sp³-hybridized carbons (Fsp3) is 0. The molecule has 4 nitrogen and oxygen atoms in total. The van der Waals surface area contributed by atoms with Gasteiger partial charge in [0.2, 0.25) is 0 Å². The Morgan fingerprint density at radius 3 is 2.18 bits per heavy atom. The lowest BCUT2D eigenvalue weighted by Gasteiger charge is -1.93. The molecule has 11 heavy (non-hydrogen) atoms. The van der Waals surface area contributed by atoms with Gasteiger partial charge < -0.3 is 19.8 Å². The lowest BCUT2D eigenvalue weighted by atomic mass is 10.4. The van der Waals surface area contributed by atoms with E-state index in [2.05, 4.69) is 0 Å². The molecule has 0 N–H and O–H groups in total. The average molecular weight is 158 g/mol. The van der Waals surface area contributed by atoms with Crippen LogP contribution in [0.1, 0.15) is 0 Å². The van der Waals surface area contributed by atoms with E-state index in [1.807, 2.05) is 0 Å². The minimum absolute atomic E-state index is 0.450. The predicted octanol–water partition coefficient (Wildman–Crippen LogP) is -2.10. The molecule has 0 aliphatic rings. The van der Waals surface area contributed by atoms with Crippen molar-refractivity contribution in [1.82, 2.24) is 0 Å². The number of carbonyl (C=O) groups excluding carboxylic acids is 2. The molecule has 0 heterocycles. The van der Waals surface area contributed by atoms with E-state index in [-0.39, 0.29) is 0 Å². The van der Waals surface area contributed by atoms with Gasteiger partial charge in [0.25, 0.3) is 0 Å². The molecule has 0 bridgehead atoms.